The summed E-state index contributed by atoms with van der Waals surface area (Å²) in [5.74, 6) is -0.280. The molecule has 90 valence electrons. The highest BCUT2D eigenvalue weighted by molar-refractivity contribution is 6.30. The summed E-state index contributed by atoms with van der Waals surface area (Å²) in [5, 5.41) is 3.85. The molecule has 1 rings (SSSR count). The van der Waals surface area contributed by atoms with E-state index in [4.69, 9.17) is 11.6 Å². The van der Waals surface area contributed by atoms with Crippen molar-refractivity contribution in [1.29, 1.82) is 0 Å². The lowest BCUT2D eigenvalue weighted by atomic mass is 9.98. The highest BCUT2D eigenvalue weighted by Gasteiger charge is 2.15. The fourth-order valence-corrected chi connectivity index (χ4v) is 2.01. The number of halogens is 2. The third kappa shape index (κ3) is 4.50. The zero-order chi connectivity index (χ0) is 12.2. The first kappa shape index (κ1) is 13.5. The summed E-state index contributed by atoms with van der Waals surface area (Å²) in [6.45, 7) is 7.10. The largest absolute Gasteiger partial charge is 0.308 e. The summed E-state index contributed by atoms with van der Waals surface area (Å²) in [5.41, 5.74) is 0.960. The number of hydrogen-bond acceptors (Lipinski definition) is 1. The predicted molar refractivity (Wildman–Crippen MR) is 67.2 cm³/mol. The van der Waals surface area contributed by atoms with Crippen LogP contribution in [0.15, 0.2) is 18.2 Å². The van der Waals surface area contributed by atoms with Crippen molar-refractivity contribution >= 4 is 11.6 Å². The van der Waals surface area contributed by atoms with E-state index in [1.54, 1.807) is 6.07 Å². The van der Waals surface area contributed by atoms with Gasteiger partial charge in [0.2, 0.25) is 0 Å². The molecular weight excluding hydrogens is 225 g/mol. The number of rotatable bonds is 5. The average Bonchev–Trinajstić information content (AvgIpc) is 2.13. The molecule has 0 aliphatic carbocycles. The maximum absolute atomic E-state index is 13.1. The summed E-state index contributed by atoms with van der Waals surface area (Å²) in [7, 11) is 0. The number of hydrogen-bond donors (Lipinski definition) is 1. The van der Waals surface area contributed by atoms with Crippen LogP contribution < -0.4 is 5.32 Å². The van der Waals surface area contributed by atoms with E-state index in [1.165, 1.54) is 12.1 Å². The molecule has 0 saturated heterocycles. The Balaban J connectivity index is 2.60. The van der Waals surface area contributed by atoms with Crippen LogP contribution >= 0.6 is 11.6 Å². The normalized spacial score (nSPS) is 11.8. The van der Waals surface area contributed by atoms with Crippen molar-refractivity contribution in [3.63, 3.8) is 0 Å². The van der Waals surface area contributed by atoms with E-state index in [-0.39, 0.29) is 11.4 Å². The van der Waals surface area contributed by atoms with Crippen LogP contribution in [-0.2, 0) is 6.54 Å². The van der Waals surface area contributed by atoms with E-state index in [2.05, 4.69) is 26.1 Å². The minimum absolute atomic E-state index is 0.0769. The lowest BCUT2D eigenvalue weighted by Gasteiger charge is -2.26. The van der Waals surface area contributed by atoms with Gasteiger partial charge in [0.15, 0.2) is 0 Å². The predicted octanol–water partition coefficient (Wildman–Crippen LogP) is 4.15. The minimum Gasteiger partial charge on any atom is -0.308 e. The van der Waals surface area contributed by atoms with E-state index in [9.17, 15) is 4.39 Å². The van der Waals surface area contributed by atoms with E-state index < -0.39 is 0 Å². The Morgan fingerprint density at radius 1 is 1.31 bits per heavy atom. The molecule has 1 aromatic rings. The van der Waals surface area contributed by atoms with Gasteiger partial charge in [0.05, 0.1) is 0 Å². The van der Waals surface area contributed by atoms with Gasteiger partial charge in [0, 0.05) is 17.1 Å². The standard InChI is InChI=1S/C13H19ClFN/c1-4-5-13(2,3)16-9-10-6-11(14)8-12(15)7-10/h6-8,16H,4-5,9H2,1-3H3. The Morgan fingerprint density at radius 2 is 2.00 bits per heavy atom. The fourth-order valence-electron chi connectivity index (χ4n) is 1.77. The van der Waals surface area contributed by atoms with Crippen molar-refractivity contribution in [1.82, 2.24) is 5.32 Å². The Labute approximate surface area is 102 Å². The van der Waals surface area contributed by atoms with Gasteiger partial charge in [-0.15, -0.1) is 0 Å². The zero-order valence-electron chi connectivity index (χ0n) is 10.1. The molecule has 3 heteroatoms. The van der Waals surface area contributed by atoms with Crippen LogP contribution in [0, 0.1) is 5.82 Å². The molecule has 0 heterocycles. The van der Waals surface area contributed by atoms with Gasteiger partial charge in [-0.25, -0.2) is 4.39 Å². The van der Waals surface area contributed by atoms with Gasteiger partial charge in [0.25, 0.3) is 0 Å². The second-order valence-corrected chi connectivity index (χ2v) is 5.20. The topological polar surface area (TPSA) is 12.0 Å². The maximum atomic E-state index is 13.1. The molecule has 0 saturated carbocycles. The molecule has 0 spiro atoms. The number of benzene rings is 1. The Bertz CT molecular complexity index is 330. The molecule has 1 N–H and O–H groups in total. The molecule has 0 fully saturated rings. The summed E-state index contributed by atoms with van der Waals surface area (Å²) < 4.78 is 13.1. The van der Waals surface area contributed by atoms with E-state index >= 15 is 0 Å². The molecule has 1 aromatic carbocycles. The monoisotopic (exact) mass is 243 g/mol. The third-order valence-electron chi connectivity index (χ3n) is 2.57. The third-order valence-corrected chi connectivity index (χ3v) is 2.79. The molecular formula is C13H19ClFN. The van der Waals surface area contributed by atoms with Crippen LogP contribution in [0.3, 0.4) is 0 Å². The number of nitrogens with one attached hydrogen (secondary N) is 1. The smallest absolute Gasteiger partial charge is 0.125 e. The first-order chi connectivity index (χ1) is 7.43. The molecule has 0 radical (unpaired) electrons. The molecule has 0 aliphatic heterocycles. The maximum Gasteiger partial charge on any atom is 0.125 e. The molecule has 0 aliphatic rings. The van der Waals surface area contributed by atoms with Crippen molar-refractivity contribution in [3.05, 3.63) is 34.6 Å². The van der Waals surface area contributed by atoms with Gasteiger partial charge in [-0.05, 0) is 44.0 Å². The summed E-state index contributed by atoms with van der Waals surface area (Å²) in [6, 6.07) is 4.63. The zero-order valence-corrected chi connectivity index (χ0v) is 10.9. The van der Waals surface area contributed by atoms with Gasteiger partial charge >= 0.3 is 0 Å². The molecule has 0 bridgehead atoms. The molecule has 1 nitrogen and oxygen atoms in total. The van der Waals surface area contributed by atoms with Gasteiger partial charge in [-0.1, -0.05) is 24.9 Å². The Hall–Kier alpha value is -0.600. The van der Waals surface area contributed by atoms with Crippen LogP contribution in [-0.4, -0.2) is 5.54 Å². The summed E-state index contributed by atoms with van der Waals surface area (Å²) in [4.78, 5) is 0. The van der Waals surface area contributed by atoms with E-state index in [1.807, 2.05) is 0 Å². The first-order valence-electron chi connectivity index (χ1n) is 5.63. The van der Waals surface area contributed by atoms with Crippen LogP contribution in [0.25, 0.3) is 0 Å². The molecule has 16 heavy (non-hydrogen) atoms. The van der Waals surface area contributed by atoms with Crippen LogP contribution in [0.5, 0.6) is 0 Å². The Morgan fingerprint density at radius 3 is 2.56 bits per heavy atom. The molecule has 0 amide bonds. The van der Waals surface area contributed by atoms with Crippen molar-refractivity contribution in [2.45, 2.75) is 45.7 Å². The van der Waals surface area contributed by atoms with Crippen molar-refractivity contribution in [2.24, 2.45) is 0 Å². The second-order valence-electron chi connectivity index (χ2n) is 4.77. The highest BCUT2D eigenvalue weighted by atomic mass is 35.5. The van der Waals surface area contributed by atoms with Crippen LogP contribution in [0.1, 0.15) is 39.2 Å². The Kier molecular flexibility index (Phi) is 4.75. The van der Waals surface area contributed by atoms with Crippen LogP contribution in [0.4, 0.5) is 4.39 Å². The van der Waals surface area contributed by atoms with Crippen molar-refractivity contribution < 1.29 is 4.39 Å². The lowest BCUT2D eigenvalue weighted by Crippen LogP contribution is -2.38. The minimum atomic E-state index is -0.280. The summed E-state index contributed by atoms with van der Waals surface area (Å²) >= 11 is 5.79. The lowest BCUT2D eigenvalue weighted by molar-refractivity contribution is 0.356. The van der Waals surface area contributed by atoms with E-state index in [0.29, 0.717) is 11.6 Å². The molecule has 0 aromatic heterocycles. The highest BCUT2D eigenvalue weighted by Crippen LogP contribution is 2.16. The summed E-state index contributed by atoms with van der Waals surface area (Å²) in [6.07, 6.45) is 2.22. The first-order valence-corrected chi connectivity index (χ1v) is 6.01. The molecule has 0 atom stereocenters. The SMILES string of the molecule is CCCC(C)(C)NCc1cc(F)cc(Cl)c1. The van der Waals surface area contributed by atoms with Crippen molar-refractivity contribution in [2.75, 3.05) is 0 Å². The van der Waals surface area contributed by atoms with Crippen LogP contribution in [0.2, 0.25) is 5.02 Å². The van der Waals surface area contributed by atoms with Gasteiger partial charge in [-0.3, -0.25) is 0 Å². The fraction of sp³-hybridized carbons (Fsp3) is 0.538. The van der Waals surface area contributed by atoms with E-state index in [0.717, 1.165) is 18.4 Å². The average molecular weight is 244 g/mol. The second kappa shape index (κ2) is 5.65. The van der Waals surface area contributed by atoms with Gasteiger partial charge in [0.1, 0.15) is 5.82 Å². The van der Waals surface area contributed by atoms with Gasteiger partial charge < -0.3 is 5.32 Å². The van der Waals surface area contributed by atoms with Gasteiger partial charge in [-0.2, -0.15) is 0 Å². The quantitative estimate of drug-likeness (QED) is 0.819. The van der Waals surface area contributed by atoms with Crippen molar-refractivity contribution in [3.8, 4) is 0 Å². The molecule has 0 unspecified atom stereocenters.